The second-order valence-electron chi connectivity index (χ2n) is 4.42. The zero-order valence-electron chi connectivity index (χ0n) is 9.86. The Hall–Kier alpha value is -1.20. The molecule has 1 aliphatic rings. The number of hydrogen-bond donors (Lipinski definition) is 0. The van der Waals surface area contributed by atoms with E-state index in [2.05, 4.69) is 21.0 Å². The van der Waals surface area contributed by atoms with Gasteiger partial charge in [0.2, 0.25) is 0 Å². The summed E-state index contributed by atoms with van der Waals surface area (Å²) in [6, 6.07) is 6.36. The third-order valence-corrected chi connectivity index (χ3v) is 3.88. The summed E-state index contributed by atoms with van der Waals surface area (Å²) in [6.45, 7) is 3.32. The maximum absolute atomic E-state index is 12.9. The lowest BCUT2D eigenvalue weighted by atomic mass is 10.1. The van der Waals surface area contributed by atoms with E-state index in [0.717, 1.165) is 28.0 Å². The number of fused-ring (bicyclic) bond motifs is 1. The second kappa shape index (κ2) is 4.48. The Bertz CT molecular complexity index is 579. The maximum Gasteiger partial charge on any atom is 0.123 e. The number of rotatable bonds is 1. The first-order chi connectivity index (χ1) is 8.65. The highest BCUT2D eigenvalue weighted by molar-refractivity contribution is 9.10. The van der Waals surface area contributed by atoms with Crippen LogP contribution in [0.2, 0.25) is 0 Å². The first-order valence-corrected chi connectivity index (χ1v) is 6.57. The second-order valence-corrected chi connectivity index (χ2v) is 5.21. The van der Waals surface area contributed by atoms with Crippen LogP contribution in [0.15, 0.2) is 28.7 Å². The molecule has 0 aliphatic carbocycles. The lowest BCUT2D eigenvalue weighted by Gasteiger charge is -2.20. The molecule has 0 saturated heterocycles. The molecule has 0 unspecified atom stereocenters. The molecule has 1 aromatic carbocycles. The van der Waals surface area contributed by atoms with Crippen LogP contribution in [0, 0.1) is 5.82 Å². The van der Waals surface area contributed by atoms with E-state index in [4.69, 9.17) is 4.74 Å². The van der Waals surface area contributed by atoms with Crippen molar-refractivity contribution in [2.45, 2.75) is 26.2 Å². The molecule has 2 heterocycles. The van der Waals surface area contributed by atoms with Crippen molar-refractivity contribution in [3.63, 3.8) is 0 Å². The molecule has 2 aromatic rings. The van der Waals surface area contributed by atoms with Crippen LogP contribution >= 0.6 is 15.9 Å². The summed E-state index contributed by atoms with van der Waals surface area (Å²) < 4.78 is 21.4. The third-order valence-electron chi connectivity index (χ3n) is 3.05. The zero-order chi connectivity index (χ0) is 12.7. The van der Waals surface area contributed by atoms with Crippen molar-refractivity contribution in [1.29, 1.82) is 0 Å². The first-order valence-electron chi connectivity index (χ1n) is 5.78. The number of benzene rings is 1. The summed E-state index contributed by atoms with van der Waals surface area (Å²) in [7, 11) is 0. The Morgan fingerprint density at radius 1 is 1.39 bits per heavy atom. The SMILES string of the molecule is C[C@H]1Cn2nc(-c3ccc(F)cc3)c(Br)c2CO1. The Morgan fingerprint density at radius 3 is 2.83 bits per heavy atom. The van der Waals surface area contributed by atoms with Crippen molar-refractivity contribution < 1.29 is 9.13 Å². The topological polar surface area (TPSA) is 27.1 Å². The van der Waals surface area contributed by atoms with Crippen LogP contribution in [0.5, 0.6) is 0 Å². The van der Waals surface area contributed by atoms with Gasteiger partial charge in [0, 0.05) is 5.56 Å². The van der Waals surface area contributed by atoms with E-state index < -0.39 is 0 Å². The molecule has 1 aliphatic heterocycles. The van der Waals surface area contributed by atoms with Crippen molar-refractivity contribution >= 4 is 15.9 Å². The van der Waals surface area contributed by atoms with Crippen LogP contribution in [0.3, 0.4) is 0 Å². The molecule has 0 amide bonds. The molecular formula is C13H12BrFN2O. The molecule has 5 heteroatoms. The molecule has 0 bridgehead atoms. The summed E-state index contributed by atoms with van der Waals surface area (Å²) >= 11 is 3.56. The number of hydrogen-bond acceptors (Lipinski definition) is 2. The molecule has 18 heavy (non-hydrogen) atoms. The summed E-state index contributed by atoms with van der Waals surface area (Å²) in [4.78, 5) is 0. The van der Waals surface area contributed by atoms with Gasteiger partial charge >= 0.3 is 0 Å². The predicted octanol–water partition coefficient (Wildman–Crippen LogP) is 3.37. The van der Waals surface area contributed by atoms with E-state index in [-0.39, 0.29) is 11.9 Å². The third kappa shape index (κ3) is 1.97. The standard InChI is InChI=1S/C13H12BrFN2O/c1-8-6-17-11(7-18-8)12(14)13(16-17)9-2-4-10(15)5-3-9/h2-5,8H,6-7H2,1H3/t8-/m0/s1. The van der Waals surface area contributed by atoms with Crippen molar-refractivity contribution in [2.75, 3.05) is 0 Å². The average molecular weight is 311 g/mol. The fourth-order valence-electron chi connectivity index (χ4n) is 2.07. The van der Waals surface area contributed by atoms with E-state index >= 15 is 0 Å². The predicted molar refractivity (Wildman–Crippen MR) is 69.6 cm³/mol. The number of aromatic nitrogens is 2. The quantitative estimate of drug-likeness (QED) is 0.807. The van der Waals surface area contributed by atoms with Gasteiger partial charge in [-0.2, -0.15) is 5.10 Å². The Balaban J connectivity index is 2.06. The van der Waals surface area contributed by atoms with Gasteiger partial charge in [-0.25, -0.2) is 4.39 Å². The van der Waals surface area contributed by atoms with Crippen LogP contribution in [0.1, 0.15) is 12.6 Å². The Labute approximate surface area is 113 Å². The highest BCUT2D eigenvalue weighted by Crippen LogP contribution is 2.32. The number of ether oxygens (including phenoxy) is 1. The van der Waals surface area contributed by atoms with Gasteiger partial charge in [0.15, 0.2) is 0 Å². The minimum absolute atomic E-state index is 0.172. The zero-order valence-corrected chi connectivity index (χ0v) is 11.4. The van der Waals surface area contributed by atoms with E-state index in [1.54, 1.807) is 12.1 Å². The van der Waals surface area contributed by atoms with Gasteiger partial charge in [-0.3, -0.25) is 4.68 Å². The molecule has 0 N–H and O–H groups in total. The van der Waals surface area contributed by atoms with E-state index in [1.807, 2.05) is 11.6 Å². The normalized spacial score (nSPS) is 18.7. The minimum atomic E-state index is -0.240. The summed E-state index contributed by atoms with van der Waals surface area (Å²) in [5.74, 6) is -0.240. The summed E-state index contributed by atoms with van der Waals surface area (Å²) in [5, 5.41) is 4.57. The minimum Gasteiger partial charge on any atom is -0.370 e. The van der Waals surface area contributed by atoms with Gasteiger partial charge in [0.05, 0.1) is 29.4 Å². The Kier molecular flexibility index (Phi) is 2.95. The average Bonchev–Trinajstić information content (AvgIpc) is 2.67. The molecule has 1 atom stereocenters. The largest absolute Gasteiger partial charge is 0.370 e. The molecule has 3 nitrogen and oxygen atoms in total. The smallest absolute Gasteiger partial charge is 0.123 e. The molecule has 1 aromatic heterocycles. The van der Waals surface area contributed by atoms with E-state index in [9.17, 15) is 4.39 Å². The van der Waals surface area contributed by atoms with Gasteiger partial charge in [-0.1, -0.05) is 0 Å². The molecule has 0 radical (unpaired) electrons. The number of halogens is 2. The van der Waals surface area contributed by atoms with Crippen LogP contribution in [0.4, 0.5) is 4.39 Å². The molecule has 3 rings (SSSR count). The highest BCUT2D eigenvalue weighted by atomic mass is 79.9. The molecule has 94 valence electrons. The fraction of sp³-hybridized carbons (Fsp3) is 0.308. The van der Waals surface area contributed by atoms with Gasteiger partial charge in [0.25, 0.3) is 0 Å². The summed E-state index contributed by atoms with van der Waals surface area (Å²) in [5.41, 5.74) is 2.77. The van der Waals surface area contributed by atoms with Crippen LogP contribution < -0.4 is 0 Å². The lowest BCUT2D eigenvalue weighted by molar-refractivity contribution is 0.0120. The fourth-order valence-corrected chi connectivity index (χ4v) is 2.70. The van der Waals surface area contributed by atoms with Crippen LogP contribution in [0.25, 0.3) is 11.3 Å². The van der Waals surface area contributed by atoms with Crippen molar-refractivity contribution in [2.24, 2.45) is 0 Å². The van der Waals surface area contributed by atoms with Crippen molar-refractivity contribution in [1.82, 2.24) is 9.78 Å². The maximum atomic E-state index is 12.9. The van der Waals surface area contributed by atoms with Gasteiger partial charge in [-0.15, -0.1) is 0 Å². The first kappa shape index (κ1) is 11.9. The van der Waals surface area contributed by atoms with E-state index in [1.165, 1.54) is 12.1 Å². The Morgan fingerprint density at radius 2 is 2.11 bits per heavy atom. The molecule has 0 saturated carbocycles. The van der Waals surface area contributed by atoms with E-state index in [0.29, 0.717) is 6.61 Å². The monoisotopic (exact) mass is 310 g/mol. The molecular weight excluding hydrogens is 299 g/mol. The molecule has 0 spiro atoms. The lowest BCUT2D eigenvalue weighted by Crippen LogP contribution is -2.25. The van der Waals surface area contributed by atoms with Gasteiger partial charge < -0.3 is 4.74 Å². The van der Waals surface area contributed by atoms with Crippen LogP contribution in [-0.2, 0) is 17.9 Å². The summed E-state index contributed by atoms with van der Waals surface area (Å²) in [6.07, 6.45) is 0.172. The van der Waals surface area contributed by atoms with Crippen LogP contribution in [-0.4, -0.2) is 15.9 Å². The van der Waals surface area contributed by atoms with Crippen molar-refractivity contribution in [3.8, 4) is 11.3 Å². The number of nitrogens with zero attached hydrogens (tertiary/aromatic N) is 2. The van der Waals surface area contributed by atoms with Gasteiger partial charge in [0.1, 0.15) is 11.5 Å². The van der Waals surface area contributed by atoms with Gasteiger partial charge in [-0.05, 0) is 47.1 Å². The highest BCUT2D eigenvalue weighted by Gasteiger charge is 2.22. The van der Waals surface area contributed by atoms with Crippen molar-refractivity contribution in [3.05, 3.63) is 40.2 Å². The molecule has 0 fully saturated rings.